The van der Waals surface area contributed by atoms with Crippen molar-refractivity contribution in [2.75, 3.05) is 0 Å². The van der Waals surface area contributed by atoms with Crippen LogP contribution in [-0.4, -0.2) is 5.78 Å². The van der Waals surface area contributed by atoms with E-state index in [-0.39, 0.29) is 5.78 Å². The maximum atomic E-state index is 12.0. The second kappa shape index (κ2) is 4.58. The SMILES string of the molecule is O=C1CCC(c2ccccc2)c2ccc(Cl)cc21. The minimum atomic E-state index is 0.208. The quantitative estimate of drug-likeness (QED) is 0.737. The van der Waals surface area contributed by atoms with E-state index in [1.165, 1.54) is 5.56 Å². The number of rotatable bonds is 1. The van der Waals surface area contributed by atoms with Gasteiger partial charge in [0.05, 0.1) is 0 Å². The third-order valence-corrected chi connectivity index (χ3v) is 3.79. The smallest absolute Gasteiger partial charge is 0.163 e. The number of hydrogen-bond acceptors (Lipinski definition) is 1. The second-order valence-electron chi connectivity index (χ2n) is 4.66. The van der Waals surface area contributed by atoms with Crippen molar-refractivity contribution in [3.8, 4) is 0 Å². The van der Waals surface area contributed by atoms with Gasteiger partial charge < -0.3 is 0 Å². The Balaban J connectivity index is 2.11. The van der Waals surface area contributed by atoms with Gasteiger partial charge in [-0.25, -0.2) is 0 Å². The van der Waals surface area contributed by atoms with Crippen LogP contribution in [0.5, 0.6) is 0 Å². The molecule has 90 valence electrons. The summed E-state index contributed by atoms with van der Waals surface area (Å²) in [7, 11) is 0. The molecule has 2 heteroatoms. The lowest BCUT2D eigenvalue weighted by atomic mass is 9.78. The van der Waals surface area contributed by atoms with Gasteiger partial charge in [-0.3, -0.25) is 4.79 Å². The third-order valence-electron chi connectivity index (χ3n) is 3.55. The Morgan fingerprint density at radius 3 is 2.61 bits per heavy atom. The van der Waals surface area contributed by atoms with E-state index >= 15 is 0 Å². The van der Waals surface area contributed by atoms with E-state index in [1.807, 2.05) is 30.3 Å². The van der Waals surface area contributed by atoms with Crippen molar-refractivity contribution in [2.24, 2.45) is 0 Å². The molecule has 0 N–H and O–H groups in total. The lowest BCUT2D eigenvalue weighted by Crippen LogP contribution is -2.16. The van der Waals surface area contributed by atoms with Crippen molar-refractivity contribution >= 4 is 17.4 Å². The lowest BCUT2D eigenvalue weighted by Gasteiger charge is -2.25. The first-order valence-corrected chi connectivity index (χ1v) is 6.51. The summed E-state index contributed by atoms with van der Waals surface area (Å²) in [6, 6.07) is 16.0. The van der Waals surface area contributed by atoms with Crippen molar-refractivity contribution in [2.45, 2.75) is 18.8 Å². The number of benzene rings is 2. The van der Waals surface area contributed by atoms with Crippen molar-refractivity contribution in [3.63, 3.8) is 0 Å². The molecule has 1 aliphatic carbocycles. The number of ketones is 1. The number of hydrogen-bond donors (Lipinski definition) is 0. The van der Waals surface area contributed by atoms with Gasteiger partial charge in [-0.1, -0.05) is 48.0 Å². The summed E-state index contributed by atoms with van der Waals surface area (Å²) in [4.78, 5) is 12.0. The Kier molecular flexibility index (Phi) is 2.92. The van der Waals surface area contributed by atoms with Gasteiger partial charge in [0.2, 0.25) is 0 Å². The van der Waals surface area contributed by atoms with Crippen LogP contribution in [0, 0.1) is 0 Å². The number of halogens is 1. The molecule has 0 aliphatic heterocycles. The molecule has 18 heavy (non-hydrogen) atoms. The Morgan fingerprint density at radius 2 is 1.83 bits per heavy atom. The monoisotopic (exact) mass is 256 g/mol. The molecule has 1 unspecified atom stereocenters. The minimum Gasteiger partial charge on any atom is -0.294 e. The van der Waals surface area contributed by atoms with Crippen LogP contribution >= 0.6 is 11.6 Å². The van der Waals surface area contributed by atoms with Crippen LogP contribution in [-0.2, 0) is 0 Å². The Labute approximate surface area is 111 Å². The molecule has 0 bridgehead atoms. The van der Waals surface area contributed by atoms with E-state index in [0.717, 1.165) is 17.5 Å². The number of carbonyl (C=O) groups is 1. The first-order valence-electron chi connectivity index (χ1n) is 6.13. The highest BCUT2D eigenvalue weighted by molar-refractivity contribution is 6.31. The van der Waals surface area contributed by atoms with Crippen molar-refractivity contribution < 1.29 is 4.79 Å². The molecule has 1 aliphatic rings. The van der Waals surface area contributed by atoms with Gasteiger partial charge in [0, 0.05) is 22.9 Å². The van der Waals surface area contributed by atoms with Crippen LogP contribution in [0.2, 0.25) is 5.02 Å². The molecule has 1 atom stereocenters. The largest absolute Gasteiger partial charge is 0.294 e. The number of carbonyl (C=O) groups excluding carboxylic acids is 1. The van der Waals surface area contributed by atoms with Crippen molar-refractivity contribution in [3.05, 3.63) is 70.2 Å². The average molecular weight is 257 g/mol. The molecule has 2 aromatic rings. The zero-order valence-electron chi connectivity index (χ0n) is 9.90. The molecule has 1 nitrogen and oxygen atoms in total. The maximum Gasteiger partial charge on any atom is 0.163 e. The van der Waals surface area contributed by atoms with Gasteiger partial charge in [0.25, 0.3) is 0 Å². The normalized spacial score (nSPS) is 18.5. The minimum absolute atomic E-state index is 0.208. The molecule has 2 aromatic carbocycles. The highest BCUT2D eigenvalue weighted by Gasteiger charge is 2.26. The molecule has 0 radical (unpaired) electrons. The van der Waals surface area contributed by atoms with Gasteiger partial charge in [0.15, 0.2) is 5.78 Å². The third kappa shape index (κ3) is 1.95. The van der Waals surface area contributed by atoms with Gasteiger partial charge in [-0.05, 0) is 29.7 Å². The topological polar surface area (TPSA) is 17.1 Å². The summed E-state index contributed by atoms with van der Waals surface area (Å²) in [5.41, 5.74) is 3.18. The first kappa shape index (κ1) is 11.5. The molecule has 0 spiro atoms. The summed E-state index contributed by atoms with van der Waals surface area (Å²) in [5.74, 6) is 0.524. The van der Waals surface area contributed by atoms with E-state index in [1.54, 1.807) is 6.07 Å². The highest BCUT2D eigenvalue weighted by Crippen LogP contribution is 2.37. The van der Waals surface area contributed by atoms with E-state index in [4.69, 9.17) is 11.6 Å². The second-order valence-corrected chi connectivity index (χ2v) is 5.09. The average Bonchev–Trinajstić information content (AvgIpc) is 2.41. The van der Waals surface area contributed by atoms with Crippen LogP contribution < -0.4 is 0 Å². The van der Waals surface area contributed by atoms with E-state index in [2.05, 4.69) is 12.1 Å². The molecule has 3 rings (SSSR count). The van der Waals surface area contributed by atoms with Crippen molar-refractivity contribution in [1.29, 1.82) is 0 Å². The van der Waals surface area contributed by atoms with E-state index in [9.17, 15) is 4.79 Å². The predicted octanol–water partition coefficient (Wildman–Crippen LogP) is 4.45. The van der Waals surface area contributed by atoms with Gasteiger partial charge in [0.1, 0.15) is 0 Å². The van der Waals surface area contributed by atoms with Gasteiger partial charge in [-0.2, -0.15) is 0 Å². The molecule has 0 saturated carbocycles. The molecule has 0 aromatic heterocycles. The number of Topliss-reactive ketones (excluding diaryl/α,β-unsaturated/α-hetero) is 1. The Bertz CT molecular complexity index is 589. The summed E-state index contributed by atoms with van der Waals surface area (Å²) >= 11 is 5.98. The van der Waals surface area contributed by atoms with Crippen LogP contribution in [0.15, 0.2) is 48.5 Å². The molecular weight excluding hydrogens is 244 g/mol. The Hall–Kier alpha value is -1.60. The molecular formula is C16H13ClO. The van der Waals surface area contributed by atoms with Gasteiger partial charge in [-0.15, -0.1) is 0 Å². The number of fused-ring (bicyclic) bond motifs is 1. The van der Waals surface area contributed by atoms with Crippen LogP contribution in [0.25, 0.3) is 0 Å². The lowest BCUT2D eigenvalue weighted by molar-refractivity contribution is 0.0969. The molecule has 0 fully saturated rings. The zero-order chi connectivity index (χ0) is 12.5. The predicted molar refractivity (Wildman–Crippen MR) is 73.3 cm³/mol. The Morgan fingerprint density at radius 1 is 1.06 bits per heavy atom. The van der Waals surface area contributed by atoms with Gasteiger partial charge >= 0.3 is 0 Å². The summed E-state index contributed by atoms with van der Waals surface area (Å²) < 4.78 is 0. The first-order chi connectivity index (χ1) is 8.75. The van der Waals surface area contributed by atoms with E-state index < -0.39 is 0 Å². The molecule has 0 heterocycles. The fraction of sp³-hybridized carbons (Fsp3) is 0.188. The van der Waals surface area contributed by atoms with Crippen molar-refractivity contribution in [1.82, 2.24) is 0 Å². The maximum absolute atomic E-state index is 12.0. The van der Waals surface area contributed by atoms with Crippen LogP contribution in [0.1, 0.15) is 40.2 Å². The van der Waals surface area contributed by atoms with E-state index in [0.29, 0.717) is 17.4 Å². The van der Waals surface area contributed by atoms with Crippen LogP contribution in [0.4, 0.5) is 0 Å². The standard InChI is InChI=1S/C16H13ClO/c17-12-6-7-14-13(11-4-2-1-3-5-11)8-9-16(18)15(14)10-12/h1-7,10,13H,8-9H2. The summed E-state index contributed by atoms with van der Waals surface area (Å²) in [6.07, 6.45) is 1.49. The summed E-state index contributed by atoms with van der Waals surface area (Å²) in [5, 5.41) is 0.635. The zero-order valence-corrected chi connectivity index (χ0v) is 10.7. The highest BCUT2D eigenvalue weighted by atomic mass is 35.5. The fourth-order valence-corrected chi connectivity index (χ4v) is 2.84. The molecule has 0 amide bonds. The summed E-state index contributed by atoms with van der Waals surface area (Å²) in [6.45, 7) is 0. The van der Waals surface area contributed by atoms with Crippen LogP contribution in [0.3, 0.4) is 0 Å². The fourth-order valence-electron chi connectivity index (χ4n) is 2.67. The molecule has 0 saturated heterocycles.